The van der Waals surface area contributed by atoms with Gasteiger partial charge in [0.05, 0.1) is 11.4 Å². The molecule has 1 aromatic heterocycles. The summed E-state index contributed by atoms with van der Waals surface area (Å²) in [6, 6.07) is 10.8. The van der Waals surface area contributed by atoms with Crippen LogP contribution in [0.4, 0.5) is 5.69 Å². The maximum absolute atomic E-state index is 4.48. The first-order chi connectivity index (χ1) is 8.16. The Bertz CT molecular complexity index is 471. The zero-order valence-corrected chi connectivity index (χ0v) is 10.6. The summed E-state index contributed by atoms with van der Waals surface area (Å²) >= 11 is 0. The van der Waals surface area contributed by atoms with E-state index in [0.29, 0.717) is 6.04 Å². The Labute approximate surface area is 102 Å². The van der Waals surface area contributed by atoms with Crippen molar-refractivity contribution < 1.29 is 0 Å². The first-order valence-electron chi connectivity index (χ1n) is 6.00. The molecule has 0 radical (unpaired) electrons. The van der Waals surface area contributed by atoms with E-state index in [1.165, 1.54) is 5.56 Å². The standard InChI is InChI=1S/C14H19N3/c1-11(2)17-10-14(12(3)16-17)15-9-13-7-5-4-6-8-13/h4-8,10-11,15H,9H2,1-3H3. The number of nitrogens with zero attached hydrogens (tertiary/aromatic N) is 2. The second kappa shape index (κ2) is 5.04. The topological polar surface area (TPSA) is 29.9 Å². The van der Waals surface area contributed by atoms with Crippen LogP contribution < -0.4 is 5.32 Å². The molecule has 0 aliphatic carbocycles. The average Bonchev–Trinajstić information content (AvgIpc) is 2.70. The Kier molecular flexibility index (Phi) is 3.47. The van der Waals surface area contributed by atoms with E-state index in [4.69, 9.17) is 0 Å². The van der Waals surface area contributed by atoms with Gasteiger partial charge in [0.25, 0.3) is 0 Å². The highest BCUT2D eigenvalue weighted by molar-refractivity contribution is 5.46. The Hall–Kier alpha value is -1.77. The van der Waals surface area contributed by atoms with Crippen LogP contribution in [0.2, 0.25) is 0 Å². The lowest BCUT2D eigenvalue weighted by Crippen LogP contribution is -2.01. The smallest absolute Gasteiger partial charge is 0.0825 e. The minimum atomic E-state index is 0.404. The van der Waals surface area contributed by atoms with E-state index in [0.717, 1.165) is 17.9 Å². The molecule has 0 aliphatic heterocycles. The predicted molar refractivity (Wildman–Crippen MR) is 71.1 cm³/mol. The third-order valence-electron chi connectivity index (χ3n) is 2.77. The third kappa shape index (κ3) is 2.87. The summed E-state index contributed by atoms with van der Waals surface area (Å²) in [6.07, 6.45) is 2.07. The first kappa shape index (κ1) is 11.7. The van der Waals surface area contributed by atoms with Gasteiger partial charge < -0.3 is 5.32 Å². The molecule has 0 atom stereocenters. The molecule has 0 unspecified atom stereocenters. The number of benzene rings is 1. The Balaban J connectivity index is 2.04. The average molecular weight is 229 g/mol. The van der Waals surface area contributed by atoms with Crippen molar-refractivity contribution >= 4 is 5.69 Å². The lowest BCUT2D eigenvalue weighted by molar-refractivity contribution is 0.529. The zero-order chi connectivity index (χ0) is 12.3. The number of rotatable bonds is 4. The molecule has 0 aliphatic rings. The molecule has 2 aromatic rings. The Morgan fingerprint density at radius 2 is 1.94 bits per heavy atom. The lowest BCUT2D eigenvalue weighted by Gasteiger charge is -2.05. The monoisotopic (exact) mass is 229 g/mol. The van der Waals surface area contributed by atoms with Gasteiger partial charge in [0, 0.05) is 18.8 Å². The van der Waals surface area contributed by atoms with Gasteiger partial charge in [-0.3, -0.25) is 4.68 Å². The lowest BCUT2D eigenvalue weighted by atomic mass is 10.2. The van der Waals surface area contributed by atoms with Gasteiger partial charge in [-0.25, -0.2) is 0 Å². The SMILES string of the molecule is Cc1nn(C(C)C)cc1NCc1ccccc1. The molecule has 1 N–H and O–H groups in total. The molecule has 1 aromatic carbocycles. The fraction of sp³-hybridized carbons (Fsp3) is 0.357. The van der Waals surface area contributed by atoms with Crippen molar-refractivity contribution in [2.24, 2.45) is 0 Å². The molecule has 0 spiro atoms. The number of nitrogens with one attached hydrogen (secondary N) is 1. The van der Waals surface area contributed by atoms with Crippen LogP contribution in [-0.2, 0) is 6.54 Å². The highest BCUT2D eigenvalue weighted by Gasteiger charge is 2.06. The van der Waals surface area contributed by atoms with Gasteiger partial charge in [-0.1, -0.05) is 30.3 Å². The van der Waals surface area contributed by atoms with Gasteiger partial charge in [0.1, 0.15) is 0 Å². The second-order valence-corrected chi connectivity index (χ2v) is 4.54. The second-order valence-electron chi connectivity index (χ2n) is 4.54. The molecule has 1 heterocycles. The van der Waals surface area contributed by atoms with Crippen LogP contribution in [0.1, 0.15) is 31.1 Å². The summed E-state index contributed by atoms with van der Waals surface area (Å²) in [5.74, 6) is 0. The number of aryl methyl sites for hydroxylation is 1. The van der Waals surface area contributed by atoms with Gasteiger partial charge in [-0.2, -0.15) is 5.10 Å². The van der Waals surface area contributed by atoms with Crippen molar-refractivity contribution in [1.82, 2.24) is 9.78 Å². The number of aromatic nitrogens is 2. The van der Waals surface area contributed by atoms with E-state index in [1.807, 2.05) is 17.7 Å². The molecule has 0 saturated carbocycles. The van der Waals surface area contributed by atoms with Crippen LogP contribution >= 0.6 is 0 Å². The third-order valence-corrected chi connectivity index (χ3v) is 2.77. The van der Waals surface area contributed by atoms with Crippen LogP contribution in [0.25, 0.3) is 0 Å². The molecular formula is C14H19N3. The first-order valence-corrected chi connectivity index (χ1v) is 6.00. The molecule has 2 rings (SSSR count). The number of anilines is 1. The van der Waals surface area contributed by atoms with Gasteiger partial charge in [-0.05, 0) is 26.3 Å². The van der Waals surface area contributed by atoms with Crippen LogP contribution in [0.5, 0.6) is 0 Å². The molecule has 0 fully saturated rings. The molecule has 0 amide bonds. The maximum atomic E-state index is 4.48. The van der Waals surface area contributed by atoms with E-state index in [9.17, 15) is 0 Å². The molecule has 0 saturated heterocycles. The van der Waals surface area contributed by atoms with Gasteiger partial charge >= 0.3 is 0 Å². The number of hydrogen-bond acceptors (Lipinski definition) is 2. The summed E-state index contributed by atoms with van der Waals surface area (Å²) in [6.45, 7) is 7.14. The molecule has 3 nitrogen and oxygen atoms in total. The van der Waals surface area contributed by atoms with Gasteiger partial charge in [0.2, 0.25) is 0 Å². The fourth-order valence-electron chi connectivity index (χ4n) is 1.71. The van der Waals surface area contributed by atoms with Crippen molar-refractivity contribution in [3.8, 4) is 0 Å². The quantitative estimate of drug-likeness (QED) is 0.871. The van der Waals surface area contributed by atoms with Crippen molar-refractivity contribution in [3.05, 3.63) is 47.8 Å². The molecule has 3 heteroatoms. The van der Waals surface area contributed by atoms with Crippen molar-refractivity contribution in [3.63, 3.8) is 0 Å². The van der Waals surface area contributed by atoms with E-state index in [-0.39, 0.29) is 0 Å². The van der Waals surface area contributed by atoms with Crippen LogP contribution in [0.3, 0.4) is 0 Å². The summed E-state index contributed by atoms with van der Waals surface area (Å²) in [7, 11) is 0. The Morgan fingerprint density at radius 3 is 2.53 bits per heavy atom. The summed E-state index contributed by atoms with van der Waals surface area (Å²) in [5, 5.41) is 7.90. The van der Waals surface area contributed by atoms with Gasteiger partial charge in [0.15, 0.2) is 0 Å². The Morgan fingerprint density at radius 1 is 1.24 bits per heavy atom. The van der Waals surface area contributed by atoms with Crippen LogP contribution in [0.15, 0.2) is 36.5 Å². The van der Waals surface area contributed by atoms with E-state index >= 15 is 0 Å². The highest BCUT2D eigenvalue weighted by atomic mass is 15.3. The molecular weight excluding hydrogens is 210 g/mol. The molecule has 17 heavy (non-hydrogen) atoms. The largest absolute Gasteiger partial charge is 0.378 e. The molecule has 90 valence electrons. The summed E-state index contributed by atoms with van der Waals surface area (Å²) in [4.78, 5) is 0. The van der Waals surface area contributed by atoms with Crippen LogP contribution in [0, 0.1) is 6.92 Å². The number of hydrogen-bond donors (Lipinski definition) is 1. The van der Waals surface area contributed by atoms with E-state index < -0.39 is 0 Å². The fourth-order valence-corrected chi connectivity index (χ4v) is 1.71. The van der Waals surface area contributed by atoms with E-state index in [2.05, 4.69) is 54.7 Å². The van der Waals surface area contributed by atoms with Crippen molar-refractivity contribution in [1.29, 1.82) is 0 Å². The maximum Gasteiger partial charge on any atom is 0.0825 e. The summed E-state index contributed by atoms with van der Waals surface area (Å²) in [5.41, 5.74) is 3.45. The molecule has 0 bridgehead atoms. The van der Waals surface area contributed by atoms with Gasteiger partial charge in [-0.15, -0.1) is 0 Å². The predicted octanol–water partition coefficient (Wildman–Crippen LogP) is 3.38. The minimum Gasteiger partial charge on any atom is -0.378 e. The summed E-state index contributed by atoms with van der Waals surface area (Å²) < 4.78 is 1.99. The van der Waals surface area contributed by atoms with Crippen molar-refractivity contribution in [2.75, 3.05) is 5.32 Å². The highest BCUT2D eigenvalue weighted by Crippen LogP contribution is 2.16. The van der Waals surface area contributed by atoms with E-state index in [1.54, 1.807) is 0 Å². The minimum absolute atomic E-state index is 0.404. The van der Waals surface area contributed by atoms with Crippen LogP contribution in [-0.4, -0.2) is 9.78 Å². The van der Waals surface area contributed by atoms with Crippen molar-refractivity contribution in [2.45, 2.75) is 33.4 Å². The normalized spacial score (nSPS) is 10.8. The zero-order valence-electron chi connectivity index (χ0n) is 10.6.